The summed E-state index contributed by atoms with van der Waals surface area (Å²) in [6.45, 7) is 11.6. The SMILES string of the molecule is COc1cncc(C(C#N)NC(=O)[C@@H]2[C@@H]3[C@H](CN2C(=O)[C@@H](NC(C)=O)C(C)(C)C)C3(C)C)c1. The molecule has 2 aliphatic rings. The molecule has 1 saturated carbocycles. The maximum atomic E-state index is 13.6. The smallest absolute Gasteiger partial charge is 0.246 e. The van der Waals surface area contributed by atoms with Crippen LogP contribution in [0.1, 0.15) is 53.1 Å². The van der Waals surface area contributed by atoms with E-state index < -0.39 is 23.5 Å². The second-order valence-corrected chi connectivity index (χ2v) is 10.6. The highest BCUT2D eigenvalue weighted by Crippen LogP contribution is 2.65. The first kappa shape index (κ1) is 24.5. The number of rotatable bonds is 6. The number of nitriles is 1. The molecule has 33 heavy (non-hydrogen) atoms. The number of amides is 3. The number of hydrogen-bond acceptors (Lipinski definition) is 6. The third-order valence-corrected chi connectivity index (χ3v) is 6.94. The molecule has 0 radical (unpaired) electrons. The van der Waals surface area contributed by atoms with Crippen molar-refractivity contribution in [2.75, 3.05) is 13.7 Å². The van der Waals surface area contributed by atoms with Gasteiger partial charge in [-0.15, -0.1) is 0 Å². The Hall–Kier alpha value is -3.15. The summed E-state index contributed by atoms with van der Waals surface area (Å²) in [5, 5.41) is 15.3. The molecule has 5 atom stereocenters. The highest BCUT2D eigenvalue weighted by molar-refractivity contribution is 5.94. The van der Waals surface area contributed by atoms with Gasteiger partial charge in [-0.25, -0.2) is 0 Å². The summed E-state index contributed by atoms with van der Waals surface area (Å²) in [6, 6.07) is 1.33. The maximum Gasteiger partial charge on any atom is 0.246 e. The van der Waals surface area contributed by atoms with Crippen LogP contribution in [0.15, 0.2) is 18.5 Å². The molecule has 1 aliphatic heterocycles. The fraction of sp³-hybridized carbons (Fsp3) is 0.625. The van der Waals surface area contributed by atoms with Gasteiger partial charge in [-0.1, -0.05) is 34.6 Å². The van der Waals surface area contributed by atoms with Crippen LogP contribution < -0.4 is 15.4 Å². The van der Waals surface area contributed by atoms with Crippen LogP contribution in [0.2, 0.25) is 0 Å². The average molecular weight is 456 g/mol. The van der Waals surface area contributed by atoms with Crippen LogP contribution in [-0.4, -0.2) is 53.3 Å². The molecule has 0 spiro atoms. The zero-order valence-corrected chi connectivity index (χ0v) is 20.3. The summed E-state index contributed by atoms with van der Waals surface area (Å²) in [5.41, 5.74) is -0.115. The van der Waals surface area contributed by atoms with Gasteiger partial charge in [0.15, 0.2) is 0 Å². The van der Waals surface area contributed by atoms with Crippen molar-refractivity contribution in [3.05, 3.63) is 24.0 Å². The predicted octanol–water partition coefficient (Wildman–Crippen LogP) is 1.80. The van der Waals surface area contributed by atoms with E-state index >= 15 is 0 Å². The van der Waals surface area contributed by atoms with E-state index in [1.54, 1.807) is 11.0 Å². The highest BCUT2D eigenvalue weighted by Gasteiger charge is 2.69. The molecule has 2 N–H and O–H groups in total. The molecule has 178 valence electrons. The van der Waals surface area contributed by atoms with Crippen molar-refractivity contribution in [1.82, 2.24) is 20.5 Å². The van der Waals surface area contributed by atoms with Gasteiger partial charge < -0.3 is 20.3 Å². The van der Waals surface area contributed by atoms with Crippen molar-refractivity contribution < 1.29 is 19.1 Å². The van der Waals surface area contributed by atoms with Crippen molar-refractivity contribution >= 4 is 17.7 Å². The Morgan fingerprint density at radius 3 is 2.48 bits per heavy atom. The lowest BCUT2D eigenvalue weighted by atomic mass is 9.85. The summed E-state index contributed by atoms with van der Waals surface area (Å²) in [6.07, 6.45) is 3.02. The summed E-state index contributed by atoms with van der Waals surface area (Å²) in [5.74, 6) is -0.310. The van der Waals surface area contributed by atoms with E-state index in [2.05, 4.69) is 35.5 Å². The molecular formula is C24H33N5O4. The number of piperidine rings is 1. The van der Waals surface area contributed by atoms with Crippen molar-refractivity contribution in [3.8, 4) is 11.8 Å². The fourth-order valence-electron chi connectivity index (χ4n) is 4.95. The molecule has 0 bridgehead atoms. The van der Waals surface area contributed by atoms with Crippen LogP contribution in [0.5, 0.6) is 5.75 Å². The number of likely N-dealkylation sites (tertiary alicyclic amines) is 1. The first-order valence-electron chi connectivity index (χ1n) is 11.1. The molecule has 9 nitrogen and oxygen atoms in total. The topological polar surface area (TPSA) is 124 Å². The zero-order valence-electron chi connectivity index (χ0n) is 20.3. The predicted molar refractivity (Wildman–Crippen MR) is 121 cm³/mol. The third-order valence-electron chi connectivity index (χ3n) is 6.94. The van der Waals surface area contributed by atoms with E-state index in [0.717, 1.165) is 0 Å². The molecular weight excluding hydrogens is 422 g/mol. The number of hydrogen-bond donors (Lipinski definition) is 2. The van der Waals surface area contributed by atoms with E-state index in [-0.39, 0.29) is 35.0 Å². The first-order valence-corrected chi connectivity index (χ1v) is 11.1. The van der Waals surface area contributed by atoms with Crippen LogP contribution in [0, 0.1) is 34.0 Å². The lowest BCUT2D eigenvalue weighted by Crippen LogP contribution is -2.59. The second kappa shape index (κ2) is 8.65. The summed E-state index contributed by atoms with van der Waals surface area (Å²) < 4.78 is 5.17. The van der Waals surface area contributed by atoms with Crippen LogP contribution >= 0.6 is 0 Å². The molecule has 2 heterocycles. The first-order chi connectivity index (χ1) is 15.3. The Morgan fingerprint density at radius 2 is 1.94 bits per heavy atom. The third kappa shape index (κ3) is 4.65. The molecule has 3 rings (SSSR count). The average Bonchev–Trinajstić information content (AvgIpc) is 3.09. The Kier molecular flexibility index (Phi) is 6.42. The minimum Gasteiger partial charge on any atom is -0.495 e. The Morgan fingerprint density at radius 1 is 1.27 bits per heavy atom. The van der Waals surface area contributed by atoms with Crippen LogP contribution in [-0.2, 0) is 14.4 Å². The number of nitrogens with one attached hydrogen (secondary N) is 2. The van der Waals surface area contributed by atoms with Crippen molar-refractivity contribution in [2.45, 2.75) is 59.7 Å². The van der Waals surface area contributed by atoms with Gasteiger partial charge in [-0.05, 0) is 28.7 Å². The lowest BCUT2D eigenvalue weighted by molar-refractivity contribution is -0.145. The number of pyridine rings is 1. The molecule has 1 aromatic rings. The molecule has 0 aromatic carbocycles. The Labute approximate surface area is 194 Å². The second-order valence-electron chi connectivity index (χ2n) is 10.6. The van der Waals surface area contributed by atoms with E-state index in [1.807, 2.05) is 20.8 Å². The number of methoxy groups -OCH3 is 1. The largest absolute Gasteiger partial charge is 0.495 e. The van der Waals surface area contributed by atoms with Crippen molar-refractivity contribution in [3.63, 3.8) is 0 Å². The summed E-state index contributed by atoms with van der Waals surface area (Å²) >= 11 is 0. The summed E-state index contributed by atoms with van der Waals surface area (Å²) in [4.78, 5) is 44.5. The monoisotopic (exact) mass is 455 g/mol. The zero-order chi connectivity index (χ0) is 24.7. The normalized spacial score (nSPS) is 24.7. The maximum absolute atomic E-state index is 13.6. The fourth-order valence-corrected chi connectivity index (χ4v) is 4.95. The van der Waals surface area contributed by atoms with Crippen LogP contribution in [0.4, 0.5) is 0 Å². The quantitative estimate of drug-likeness (QED) is 0.674. The molecule has 9 heteroatoms. The Balaban J connectivity index is 1.87. The molecule has 1 aliphatic carbocycles. The van der Waals surface area contributed by atoms with Crippen LogP contribution in [0.3, 0.4) is 0 Å². The van der Waals surface area contributed by atoms with Gasteiger partial charge in [-0.2, -0.15) is 5.26 Å². The Bertz CT molecular complexity index is 993. The minimum atomic E-state index is -0.938. The standard InChI is InChI=1S/C24H33N5O4/c1-13(30)27-20(23(2,3)4)22(32)29-12-16-18(24(16,5)6)19(29)21(31)28-17(9-25)14-8-15(33-7)11-26-10-14/h8,10-11,16-20H,12H2,1-7H3,(H,27,30)(H,28,31)/t16-,17?,18-,19-,20+/m0/s1. The van der Waals surface area contributed by atoms with Gasteiger partial charge in [0.1, 0.15) is 23.9 Å². The molecule has 2 fully saturated rings. The molecule has 3 amide bonds. The van der Waals surface area contributed by atoms with Gasteiger partial charge in [0.2, 0.25) is 17.7 Å². The van der Waals surface area contributed by atoms with E-state index in [4.69, 9.17) is 4.74 Å². The number of nitrogens with zero attached hydrogens (tertiary/aromatic N) is 3. The van der Waals surface area contributed by atoms with Gasteiger partial charge in [0.05, 0.1) is 19.4 Å². The van der Waals surface area contributed by atoms with Crippen molar-refractivity contribution in [1.29, 1.82) is 5.26 Å². The molecule has 1 aromatic heterocycles. The van der Waals surface area contributed by atoms with E-state index in [1.165, 1.54) is 26.4 Å². The number of aromatic nitrogens is 1. The van der Waals surface area contributed by atoms with E-state index in [0.29, 0.717) is 17.9 Å². The van der Waals surface area contributed by atoms with Gasteiger partial charge in [-0.3, -0.25) is 19.4 Å². The number of ether oxygens (including phenoxy) is 1. The molecule has 1 unspecified atom stereocenters. The minimum absolute atomic E-state index is 0.0119. The van der Waals surface area contributed by atoms with E-state index in [9.17, 15) is 19.6 Å². The number of fused-ring (bicyclic) bond motifs is 1. The number of carbonyl (C=O) groups is 3. The molecule has 1 saturated heterocycles. The van der Waals surface area contributed by atoms with Gasteiger partial charge in [0.25, 0.3) is 0 Å². The lowest BCUT2D eigenvalue weighted by Gasteiger charge is -2.37. The highest BCUT2D eigenvalue weighted by atomic mass is 16.5. The van der Waals surface area contributed by atoms with Crippen molar-refractivity contribution in [2.24, 2.45) is 22.7 Å². The van der Waals surface area contributed by atoms with Gasteiger partial charge >= 0.3 is 0 Å². The summed E-state index contributed by atoms with van der Waals surface area (Å²) in [7, 11) is 1.50. The van der Waals surface area contributed by atoms with Gasteiger partial charge in [0, 0.05) is 25.2 Å². The van der Waals surface area contributed by atoms with Crippen LogP contribution in [0.25, 0.3) is 0 Å². The number of carbonyl (C=O) groups excluding carboxylic acids is 3.